The third kappa shape index (κ3) is 11.2. The number of rotatable bonds is 6. The summed E-state index contributed by atoms with van der Waals surface area (Å²) in [7, 11) is 3.25. The molecule has 4 rings (SSSR count). The molecule has 184 valence electrons. The summed E-state index contributed by atoms with van der Waals surface area (Å²) in [5.74, 6) is 2.04. The Balaban J connectivity index is 0.000000204. The van der Waals surface area contributed by atoms with E-state index in [2.05, 4.69) is 19.9 Å². The molecule has 0 radical (unpaired) electrons. The molecule has 2 aromatic heterocycles. The number of aliphatic hydroxyl groups excluding tert-OH is 1. The third-order valence-electron chi connectivity index (χ3n) is 4.05. The lowest BCUT2D eigenvalue weighted by atomic mass is 10.2. The quantitative estimate of drug-likeness (QED) is 0.335. The summed E-state index contributed by atoms with van der Waals surface area (Å²) < 4.78 is 15.4. The molecule has 0 spiro atoms. The van der Waals surface area contributed by atoms with Gasteiger partial charge < -0.3 is 19.3 Å². The van der Waals surface area contributed by atoms with Gasteiger partial charge in [-0.1, -0.05) is 59.1 Å². The first kappa shape index (κ1) is 28.1. The van der Waals surface area contributed by atoms with Crippen LogP contribution in [0.1, 0.15) is 11.1 Å². The molecule has 0 saturated carbocycles. The van der Waals surface area contributed by atoms with Gasteiger partial charge in [0.25, 0.3) is 0 Å². The van der Waals surface area contributed by atoms with Gasteiger partial charge in [0.05, 0.1) is 45.6 Å². The Morgan fingerprint density at radius 2 is 1.11 bits per heavy atom. The molecule has 0 fully saturated rings. The number of ether oxygens (including phenoxy) is 3. The largest absolute Gasteiger partial charge is 0.497 e. The van der Waals surface area contributed by atoms with E-state index in [9.17, 15) is 0 Å². The van der Waals surface area contributed by atoms with Gasteiger partial charge in [-0.3, -0.25) is 9.97 Å². The van der Waals surface area contributed by atoms with E-state index in [4.69, 9.17) is 54.1 Å². The third-order valence-corrected chi connectivity index (χ3v) is 4.59. The molecule has 0 aliphatic rings. The summed E-state index contributed by atoms with van der Waals surface area (Å²) in [6, 6.07) is 14.9. The van der Waals surface area contributed by atoms with Gasteiger partial charge in [0.15, 0.2) is 5.15 Å². The lowest BCUT2D eigenvalue weighted by Crippen LogP contribution is -1.97. The van der Waals surface area contributed by atoms with Crippen LogP contribution in [0.2, 0.25) is 15.5 Å². The van der Waals surface area contributed by atoms with Crippen LogP contribution in [0.3, 0.4) is 0 Å². The summed E-state index contributed by atoms with van der Waals surface area (Å²) in [6.45, 7) is 0.503. The van der Waals surface area contributed by atoms with Crippen molar-refractivity contribution in [2.75, 3.05) is 14.2 Å². The number of methoxy groups -OCH3 is 2. The minimum absolute atomic E-state index is 0.0873. The van der Waals surface area contributed by atoms with Gasteiger partial charge in [-0.05, 0) is 35.4 Å². The van der Waals surface area contributed by atoms with E-state index in [1.807, 2.05) is 48.5 Å². The van der Waals surface area contributed by atoms with Crippen molar-refractivity contribution < 1.29 is 19.3 Å². The van der Waals surface area contributed by atoms with Crippen LogP contribution in [0, 0.1) is 0 Å². The van der Waals surface area contributed by atoms with Crippen LogP contribution >= 0.6 is 34.8 Å². The summed E-state index contributed by atoms with van der Waals surface area (Å²) in [6.07, 6.45) is 5.83. The molecule has 0 amide bonds. The van der Waals surface area contributed by atoms with Crippen molar-refractivity contribution in [2.45, 2.75) is 13.2 Å². The fraction of sp³-hybridized carbons (Fsp3) is 0.167. The van der Waals surface area contributed by atoms with Crippen molar-refractivity contribution in [2.24, 2.45) is 0 Å². The predicted octanol–water partition coefficient (Wildman–Crippen LogP) is 5.69. The summed E-state index contributed by atoms with van der Waals surface area (Å²) >= 11 is 16.5. The topological polar surface area (TPSA) is 99.5 Å². The van der Waals surface area contributed by atoms with E-state index in [-0.39, 0.29) is 6.61 Å². The zero-order chi connectivity index (χ0) is 25.5. The van der Waals surface area contributed by atoms with E-state index in [0.29, 0.717) is 27.9 Å². The second-order valence-corrected chi connectivity index (χ2v) is 7.65. The fourth-order valence-electron chi connectivity index (χ4n) is 2.33. The lowest BCUT2D eigenvalue weighted by Gasteiger charge is -2.05. The van der Waals surface area contributed by atoms with Gasteiger partial charge in [-0.25, -0.2) is 4.98 Å². The van der Waals surface area contributed by atoms with Crippen LogP contribution in [-0.2, 0) is 13.2 Å². The maximum Gasteiger partial charge on any atom is 0.234 e. The van der Waals surface area contributed by atoms with E-state index in [1.54, 1.807) is 14.2 Å². The first-order valence-corrected chi connectivity index (χ1v) is 11.2. The van der Waals surface area contributed by atoms with Crippen molar-refractivity contribution in [1.29, 1.82) is 0 Å². The number of halogens is 3. The Bertz CT molecular complexity index is 1110. The minimum atomic E-state index is 0.0873. The van der Waals surface area contributed by atoms with Crippen molar-refractivity contribution in [3.8, 4) is 17.4 Å². The molecule has 0 bridgehead atoms. The highest BCUT2D eigenvalue weighted by Crippen LogP contribution is 2.14. The molecule has 4 aromatic rings. The summed E-state index contributed by atoms with van der Waals surface area (Å²) in [5.41, 5.74) is 1.92. The fourth-order valence-corrected chi connectivity index (χ4v) is 2.80. The average molecular weight is 538 g/mol. The van der Waals surface area contributed by atoms with E-state index in [1.165, 1.54) is 24.8 Å². The normalized spacial score (nSPS) is 9.66. The monoisotopic (exact) mass is 536 g/mol. The molecule has 0 unspecified atom stereocenters. The highest BCUT2D eigenvalue weighted by molar-refractivity contribution is 6.32. The van der Waals surface area contributed by atoms with Gasteiger partial charge in [0.2, 0.25) is 5.88 Å². The van der Waals surface area contributed by atoms with Crippen molar-refractivity contribution in [3.63, 3.8) is 0 Å². The molecule has 11 heteroatoms. The van der Waals surface area contributed by atoms with Crippen LogP contribution in [0.4, 0.5) is 0 Å². The van der Waals surface area contributed by atoms with E-state index >= 15 is 0 Å². The first-order valence-electron chi connectivity index (χ1n) is 10.0. The SMILES string of the molecule is COc1ccc(CO)cc1.COc1ccc(COc2cncc(Cl)n2)cc1.Clc1cncc(Cl)n1. The zero-order valence-corrected chi connectivity index (χ0v) is 21.2. The lowest BCUT2D eigenvalue weighted by molar-refractivity contribution is 0.281. The highest BCUT2D eigenvalue weighted by atomic mass is 35.5. The Labute approximate surface area is 218 Å². The number of hydrogen-bond acceptors (Lipinski definition) is 8. The Kier molecular flexibility index (Phi) is 12.6. The molecular weight excluding hydrogens is 515 g/mol. The first-order chi connectivity index (χ1) is 16.9. The van der Waals surface area contributed by atoms with Crippen LogP contribution in [0.15, 0.2) is 73.3 Å². The van der Waals surface area contributed by atoms with Crippen LogP contribution < -0.4 is 14.2 Å². The average Bonchev–Trinajstić information content (AvgIpc) is 2.88. The number of aliphatic hydroxyl groups is 1. The van der Waals surface area contributed by atoms with E-state index < -0.39 is 0 Å². The number of hydrogen-bond donors (Lipinski definition) is 1. The van der Waals surface area contributed by atoms with Crippen molar-refractivity contribution in [1.82, 2.24) is 19.9 Å². The zero-order valence-electron chi connectivity index (χ0n) is 18.9. The molecule has 8 nitrogen and oxygen atoms in total. The molecule has 0 saturated heterocycles. The number of nitrogens with zero attached hydrogens (tertiary/aromatic N) is 4. The Hall–Kier alpha value is -3.17. The summed E-state index contributed by atoms with van der Waals surface area (Å²) in [5, 5.41) is 9.61. The molecule has 1 N–H and O–H groups in total. The van der Waals surface area contributed by atoms with Gasteiger partial charge in [0, 0.05) is 0 Å². The number of aromatic nitrogens is 4. The minimum Gasteiger partial charge on any atom is -0.497 e. The maximum absolute atomic E-state index is 8.66. The number of benzene rings is 2. The van der Waals surface area contributed by atoms with Gasteiger partial charge in [-0.15, -0.1) is 0 Å². The van der Waals surface area contributed by atoms with Gasteiger partial charge in [-0.2, -0.15) is 4.98 Å². The second-order valence-electron chi connectivity index (χ2n) is 6.49. The molecule has 0 aliphatic carbocycles. The Morgan fingerprint density at radius 1 is 0.657 bits per heavy atom. The van der Waals surface area contributed by atoms with Crippen LogP contribution in [0.25, 0.3) is 0 Å². The van der Waals surface area contributed by atoms with Crippen molar-refractivity contribution in [3.05, 3.63) is 99.9 Å². The van der Waals surface area contributed by atoms with E-state index in [0.717, 1.165) is 22.6 Å². The smallest absolute Gasteiger partial charge is 0.234 e. The molecule has 0 atom stereocenters. The van der Waals surface area contributed by atoms with Crippen LogP contribution in [-0.4, -0.2) is 39.3 Å². The van der Waals surface area contributed by atoms with Gasteiger partial charge >= 0.3 is 0 Å². The predicted molar refractivity (Wildman–Crippen MR) is 135 cm³/mol. The van der Waals surface area contributed by atoms with Gasteiger partial charge in [0.1, 0.15) is 28.4 Å². The highest BCUT2D eigenvalue weighted by Gasteiger charge is 1.99. The summed E-state index contributed by atoms with van der Waals surface area (Å²) in [4.78, 5) is 15.2. The molecule has 2 heterocycles. The molecular formula is C24H23Cl3N4O4. The Morgan fingerprint density at radius 3 is 1.51 bits per heavy atom. The standard InChI is InChI=1S/C12H11ClN2O2.C8H10O2.C4H2Cl2N2/c1-16-10-4-2-9(3-5-10)8-17-12-7-14-6-11(13)15-12;1-10-8-4-2-7(6-9)3-5-8;5-3-1-7-2-4(6)8-3/h2-7H,8H2,1H3;2-5,9H,6H2,1H3;1-2H. The molecule has 2 aromatic carbocycles. The second kappa shape index (κ2) is 15.7. The molecule has 35 heavy (non-hydrogen) atoms. The maximum atomic E-state index is 8.66. The van der Waals surface area contributed by atoms with Crippen LogP contribution in [0.5, 0.6) is 17.4 Å². The molecule has 0 aliphatic heterocycles. The van der Waals surface area contributed by atoms with Crippen molar-refractivity contribution >= 4 is 34.8 Å².